The first-order valence-electron chi connectivity index (χ1n) is 5.00. The van der Waals surface area contributed by atoms with Crippen LogP contribution in [0.5, 0.6) is 0 Å². The van der Waals surface area contributed by atoms with Crippen molar-refractivity contribution in [3.63, 3.8) is 0 Å². The van der Waals surface area contributed by atoms with Crippen LogP contribution in [0.2, 0.25) is 0 Å². The minimum Gasteiger partial charge on any atom is -0.324 e. The van der Waals surface area contributed by atoms with Gasteiger partial charge in [-0.3, -0.25) is 0 Å². The molecule has 5 nitrogen and oxygen atoms in total. The van der Waals surface area contributed by atoms with E-state index < -0.39 is 5.82 Å². The Labute approximate surface area is 97.3 Å². The van der Waals surface area contributed by atoms with Gasteiger partial charge >= 0.3 is 0 Å². The van der Waals surface area contributed by atoms with E-state index in [-0.39, 0.29) is 18.7 Å². The lowest BCUT2D eigenvalue weighted by molar-refractivity contribution is 0.579. The highest BCUT2D eigenvalue weighted by Gasteiger charge is 2.08. The number of halogens is 1. The predicted molar refractivity (Wildman–Crippen MR) is 58.1 cm³/mol. The monoisotopic (exact) mass is 231 g/mol. The second-order valence-electron chi connectivity index (χ2n) is 3.45. The number of aromatic nitrogens is 3. The standard InChI is InChI=1S/C11H10FN5/c12-11-8(4-13)2-1-3-9(11)6-17-7-15-10(5-14)16-17/h1-3,7H,5-6,14H2. The lowest BCUT2D eigenvalue weighted by Crippen LogP contribution is -2.05. The van der Waals surface area contributed by atoms with Crippen molar-refractivity contribution in [1.82, 2.24) is 14.8 Å². The zero-order valence-corrected chi connectivity index (χ0v) is 8.97. The van der Waals surface area contributed by atoms with Gasteiger partial charge in [-0.25, -0.2) is 14.1 Å². The first-order chi connectivity index (χ1) is 8.24. The lowest BCUT2D eigenvalue weighted by atomic mass is 10.1. The molecule has 2 aromatic rings. The molecule has 0 aliphatic carbocycles. The van der Waals surface area contributed by atoms with Gasteiger partial charge in [0.15, 0.2) is 5.82 Å². The number of hydrogen-bond acceptors (Lipinski definition) is 4. The molecule has 2 N–H and O–H groups in total. The van der Waals surface area contributed by atoms with Crippen molar-refractivity contribution in [1.29, 1.82) is 5.26 Å². The van der Waals surface area contributed by atoms with Crippen molar-refractivity contribution in [2.24, 2.45) is 5.73 Å². The minimum atomic E-state index is -0.514. The number of benzene rings is 1. The molecular formula is C11H10FN5. The smallest absolute Gasteiger partial charge is 0.164 e. The quantitative estimate of drug-likeness (QED) is 0.847. The molecule has 1 aromatic heterocycles. The molecule has 0 saturated carbocycles. The molecule has 0 aliphatic heterocycles. The van der Waals surface area contributed by atoms with Crippen LogP contribution >= 0.6 is 0 Å². The molecule has 0 aliphatic rings. The lowest BCUT2D eigenvalue weighted by Gasteiger charge is -2.03. The fourth-order valence-electron chi connectivity index (χ4n) is 1.47. The molecule has 0 amide bonds. The van der Waals surface area contributed by atoms with Crippen LogP contribution in [-0.2, 0) is 13.1 Å². The summed E-state index contributed by atoms with van der Waals surface area (Å²) >= 11 is 0. The topological polar surface area (TPSA) is 80.5 Å². The van der Waals surface area contributed by atoms with Crippen LogP contribution in [0.3, 0.4) is 0 Å². The summed E-state index contributed by atoms with van der Waals surface area (Å²) in [5.41, 5.74) is 5.81. The van der Waals surface area contributed by atoms with E-state index in [1.807, 2.05) is 0 Å². The van der Waals surface area contributed by atoms with Gasteiger partial charge in [-0.15, -0.1) is 0 Å². The molecule has 0 radical (unpaired) electrons. The third kappa shape index (κ3) is 2.29. The van der Waals surface area contributed by atoms with Crippen LogP contribution in [0.25, 0.3) is 0 Å². The van der Waals surface area contributed by atoms with Gasteiger partial charge in [0.1, 0.15) is 18.2 Å². The molecule has 6 heteroatoms. The molecule has 0 bridgehead atoms. The van der Waals surface area contributed by atoms with Crippen molar-refractivity contribution in [2.45, 2.75) is 13.1 Å². The van der Waals surface area contributed by atoms with E-state index in [9.17, 15) is 4.39 Å². The number of nitrogens with two attached hydrogens (primary N) is 1. The van der Waals surface area contributed by atoms with E-state index in [0.29, 0.717) is 11.4 Å². The maximum atomic E-state index is 13.7. The summed E-state index contributed by atoms with van der Waals surface area (Å²) in [6.45, 7) is 0.474. The van der Waals surface area contributed by atoms with Gasteiger partial charge in [0, 0.05) is 5.56 Å². The normalized spacial score (nSPS) is 10.2. The van der Waals surface area contributed by atoms with Crippen molar-refractivity contribution >= 4 is 0 Å². The molecule has 17 heavy (non-hydrogen) atoms. The van der Waals surface area contributed by atoms with Crippen LogP contribution in [0.4, 0.5) is 4.39 Å². The Morgan fingerprint density at radius 2 is 2.29 bits per heavy atom. The van der Waals surface area contributed by atoms with Gasteiger partial charge in [0.2, 0.25) is 0 Å². The molecule has 1 heterocycles. The van der Waals surface area contributed by atoms with Crippen LogP contribution in [0.1, 0.15) is 17.0 Å². The Morgan fingerprint density at radius 1 is 1.47 bits per heavy atom. The first-order valence-corrected chi connectivity index (χ1v) is 5.00. The van der Waals surface area contributed by atoms with Gasteiger partial charge in [0.25, 0.3) is 0 Å². The number of rotatable bonds is 3. The highest BCUT2D eigenvalue weighted by molar-refractivity contribution is 5.34. The third-order valence-corrected chi connectivity index (χ3v) is 2.30. The zero-order chi connectivity index (χ0) is 12.3. The fourth-order valence-corrected chi connectivity index (χ4v) is 1.47. The Balaban J connectivity index is 2.27. The second kappa shape index (κ2) is 4.72. The van der Waals surface area contributed by atoms with Crippen LogP contribution in [-0.4, -0.2) is 14.8 Å². The summed E-state index contributed by atoms with van der Waals surface area (Å²) in [5.74, 6) is -0.0124. The van der Waals surface area contributed by atoms with E-state index in [2.05, 4.69) is 10.1 Å². The van der Waals surface area contributed by atoms with E-state index in [1.54, 1.807) is 18.2 Å². The van der Waals surface area contributed by atoms with Crippen molar-refractivity contribution < 1.29 is 4.39 Å². The van der Waals surface area contributed by atoms with Crippen molar-refractivity contribution in [3.8, 4) is 6.07 Å². The van der Waals surface area contributed by atoms with Gasteiger partial charge in [-0.2, -0.15) is 10.4 Å². The molecule has 2 rings (SSSR count). The summed E-state index contributed by atoms with van der Waals surface area (Å²) in [5, 5.41) is 12.8. The maximum Gasteiger partial charge on any atom is 0.164 e. The summed E-state index contributed by atoms with van der Waals surface area (Å²) in [6.07, 6.45) is 1.49. The van der Waals surface area contributed by atoms with Crippen LogP contribution in [0, 0.1) is 17.1 Å². The fraction of sp³-hybridized carbons (Fsp3) is 0.182. The second-order valence-corrected chi connectivity index (χ2v) is 3.45. The number of hydrogen-bond donors (Lipinski definition) is 1. The van der Waals surface area contributed by atoms with E-state index in [0.717, 1.165) is 0 Å². The Bertz CT molecular complexity index is 569. The molecule has 0 spiro atoms. The highest BCUT2D eigenvalue weighted by Crippen LogP contribution is 2.13. The Hall–Kier alpha value is -2.26. The summed E-state index contributed by atoms with van der Waals surface area (Å²) in [4.78, 5) is 3.94. The summed E-state index contributed by atoms with van der Waals surface area (Å²) in [6, 6.07) is 6.48. The molecule has 0 atom stereocenters. The first kappa shape index (κ1) is 11.2. The molecule has 0 unspecified atom stereocenters. The number of nitrogens with zero attached hydrogens (tertiary/aromatic N) is 4. The average Bonchev–Trinajstić information content (AvgIpc) is 2.79. The van der Waals surface area contributed by atoms with Crippen LogP contribution < -0.4 is 5.73 Å². The van der Waals surface area contributed by atoms with Crippen molar-refractivity contribution in [2.75, 3.05) is 0 Å². The minimum absolute atomic E-state index is 0.0293. The van der Waals surface area contributed by atoms with E-state index in [4.69, 9.17) is 11.0 Å². The number of nitriles is 1. The molecular weight excluding hydrogens is 221 g/mol. The zero-order valence-electron chi connectivity index (χ0n) is 8.97. The van der Waals surface area contributed by atoms with E-state index in [1.165, 1.54) is 17.1 Å². The Morgan fingerprint density at radius 3 is 2.94 bits per heavy atom. The molecule has 0 fully saturated rings. The maximum absolute atomic E-state index is 13.7. The Kier molecular flexibility index (Phi) is 3.12. The average molecular weight is 231 g/mol. The van der Waals surface area contributed by atoms with Gasteiger partial charge in [-0.05, 0) is 6.07 Å². The summed E-state index contributed by atoms with van der Waals surface area (Å²) < 4.78 is 15.2. The molecule has 86 valence electrons. The predicted octanol–water partition coefficient (Wildman–Crippen LogP) is 0.796. The van der Waals surface area contributed by atoms with Crippen LogP contribution in [0.15, 0.2) is 24.5 Å². The SMILES string of the molecule is N#Cc1cccc(Cn2cnc(CN)n2)c1F. The van der Waals surface area contributed by atoms with Gasteiger partial charge < -0.3 is 5.73 Å². The molecule has 1 aromatic carbocycles. The van der Waals surface area contributed by atoms with E-state index >= 15 is 0 Å². The van der Waals surface area contributed by atoms with Gasteiger partial charge in [0.05, 0.1) is 18.7 Å². The molecule has 0 saturated heterocycles. The van der Waals surface area contributed by atoms with Crippen molar-refractivity contribution in [3.05, 3.63) is 47.3 Å². The summed E-state index contributed by atoms with van der Waals surface area (Å²) in [7, 11) is 0. The highest BCUT2D eigenvalue weighted by atomic mass is 19.1. The third-order valence-electron chi connectivity index (χ3n) is 2.30. The van der Waals surface area contributed by atoms with Gasteiger partial charge in [-0.1, -0.05) is 12.1 Å². The largest absolute Gasteiger partial charge is 0.324 e.